The number of likely N-dealkylation sites (tertiary alicyclic amines) is 1. The van der Waals surface area contributed by atoms with Gasteiger partial charge in [0, 0.05) is 25.2 Å². The van der Waals surface area contributed by atoms with Crippen LogP contribution in [0, 0.1) is 5.82 Å². The van der Waals surface area contributed by atoms with Crippen molar-refractivity contribution in [2.75, 3.05) is 13.1 Å². The molecule has 2 heterocycles. The molecule has 1 aromatic heterocycles. The zero-order valence-electron chi connectivity index (χ0n) is 12.4. The van der Waals surface area contributed by atoms with E-state index in [9.17, 15) is 9.18 Å². The SMILES string of the molecule is O=C(c1ccccn1)N1CCCC[C@H](c2ccc(F)cc2)C1. The number of nitrogens with zero attached hydrogens (tertiary/aromatic N) is 2. The van der Waals surface area contributed by atoms with Gasteiger partial charge in [0.15, 0.2) is 0 Å². The van der Waals surface area contributed by atoms with E-state index in [1.807, 2.05) is 23.1 Å². The van der Waals surface area contributed by atoms with Crippen molar-refractivity contribution in [1.82, 2.24) is 9.88 Å². The fourth-order valence-electron chi connectivity index (χ4n) is 2.98. The molecule has 4 heteroatoms. The molecule has 22 heavy (non-hydrogen) atoms. The van der Waals surface area contributed by atoms with Crippen LogP contribution in [0.4, 0.5) is 4.39 Å². The topological polar surface area (TPSA) is 33.2 Å². The first kappa shape index (κ1) is 14.7. The minimum absolute atomic E-state index is 0.0189. The van der Waals surface area contributed by atoms with Gasteiger partial charge in [-0.1, -0.05) is 24.6 Å². The van der Waals surface area contributed by atoms with E-state index < -0.39 is 0 Å². The summed E-state index contributed by atoms with van der Waals surface area (Å²) in [6.07, 6.45) is 4.74. The largest absolute Gasteiger partial charge is 0.337 e. The predicted octanol–water partition coefficient (Wildman–Crippen LogP) is 3.63. The highest BCUT2D eigenvalue weighted by Gasteiger charge is 2.24. The van der Waals surface area contributed by atoms with E-state index in [1.165, 1.54) is 12.1 Å². The highest BCUT2D eigenvalue weighted by Crippen LogP contribution is 2.27. The second-order valence-corrected chi connectivity index (χ2v) is 5.71. The van der Waals surface area contributed by atoms with Crippen molar-refractivity contribution in [3.05, 3.63) is 65.7 Å². The van der Waals surface area contributed by atoms with Gasteiger partial charge < -0.3 is 4.90 Å². The summed E-state index contributed by atoms with van der Waals surface area (Å²) in [5.41, 5.74) is 1.59. The zero-order chi connectivity index (χ0) is 15.4. The predicted molar refractivity (Wildman–Crippen MR) is 83.1 cm³/mol. The average molecular weight is 298 g/mol. The molecular formula is C18H19FN2O. The minimum Gasteiger partial charge on any atom is -0.337 e. The Kier molecular flexibility index (Phi) is 4.47. The normalized spacial score (nSPS) is 18.8. The minimum atomic E-state index is -0.223. The highest BCUT2D eigenvalue weighted by molar-refractivity contribution is 5.92. The number of pyridine rings is 1. The van der Waals surface area contributed by atoms with Gasteiger partial charge in [-0.3, -0.25) is 9.78 Å². The fourth-order valence-corrected chi connectivity index (χ4v) is 2.98. The highest BCUT2D eigenvalue weighted by atomic mass is 19.1. The zero-order valence-corrected chi connectivity index (χ0v) is 12.4. The van der Waals surface area contributed by atoms with Crippen LogP contribution in [-0.4, -0.2) is 28.9 Å². The Morgan fingerprint density at radius 3 is 2.68 bits per heavy atom. The first-order chi connectivity index (χ1) is 10.7. The summed E-state index contributed by atoms with van der Waals surface area (Å²) in [4.78, 5) is 18.6. The molecule has 0 saturated carbocycles. The second-order valence-electron chi connectivity index (χ2n) is 5.71. The number of hydrogen-bond acceptors (Lipinski definition) is 2. The van der Waals surface area contributed by atoms with E-state index in [1.54, 1.807) is 18.3 Å². The van der Waals surface area contributed by atoms with Crippen LogP contribution >= 0.6 is 0 Å². The number of amides is 1. The van der Waals surface area contributed by atoms with E-state index in [4.69, 9.17) is 0 Å². The lowest BCUT2D eigenvalue weighted by molar-refractivity contribution is 0.0748. The summed E-state index contributed by atoms with van der Waals surface area (Å²) < 4.78 is 13.1. The van der Waals surface area contributed by atoms with E-state index in [-0.39, 0.29) is 17.6 Å². The third-order valence-corrected chi connectivity index (χ3v) is 4.18. The molecule has 1 atom stereocenters. The van der Waals surface area contributed by atoms with Crippen molar-refractivity contribution < 1.29 is 9.18 Å². The van der Waals surface area contributed by atoms with Gasteiger partial charge in [-0.15, -0.1) is 0 Å². The number of hydrogen-bond donors (Lipinski definition) is 0. The average Bonchev–Trinajstić information content (AvgIpc) is 2.82. The number of halogens is 1. The van der Waals surface area contributed by atoms with Crippen molar-refractivity contribution in [2.45, 2.75) is 25.2 Å². The number of aromatic nitrogens is 1. The molecule has 3 nitrogen and oxygen atoms in total. The molecule has 1 aliphatic heterocycles. The molecule has 3 rings (SSSR count). The Bertz CT molecular complexity index is 627. The standard InChI is InChI=1S/C18H19FN2O/c19-16-9-7-14(8-10-16)15-5-2-4-12-21(13-15)18(22)17-6-1-3-11-20-17/h1,3,6-11,15H,2,4-5,12-13H2/t15-/m0/s1. The van der Waals surface area contributed by atoms with Crippen molar-refractivity contribution in [1.29, 1.82) is 0 Å². The van der Waals surface area contributed by atoms with E-state index in [2.05, 4.69) is 4.98 Å². The van der Waals surface area contributed by atoms with Crippen molar-refractivity contribution in [2.24, 2.45) is 0 Å². The van der Waals surface area contributed by atoms with Crippen LogP contribution in [-0.2, 0) is 0 Å². The monoisotopic (exact) mass is 298 g/mol. The van der Waals surface area contributed by atoms with E-state index in [0.717, 1.165) is 31.4 Å². The summed E-state index contributed by atoms with van der Waals surface area (Å²) in [5.74, 6) is 0.0177. The molecule has 0 bridgehead atoms. The molecule has 1 aromatic carbocycles. The molecule has 1 fully saturated rings. The summed E-state index contributed by atoms with van der Waals surface area (Å²) in [7, 11) is 0. The molecular weight excluding hydrogens is 279 g/mol. The first-order valence-corrected chi connectivity index (χ1v) is 7.70. The fraction of sp³-hybridized carbons (Fsp3) is 0.333. The molecule has 0 unspecified atom stereocenters. The third kappa shape index (κ3) is 3.32. The van der Waals surface area contributed by atoms with Crippen LogP contribution in [0.15, 0.2) is 48.7 Å². The molecule has 0 N–H and O–H groups in total. The van der Waals surface area contributed by atoms with Crippen LogP contribution < -0.4 is 0 Å². The van der Waals surface area contributed by atoms with Crippen LogP contribution in [0.25, 0.3) is 0 Å². The molecule has 0 spiro atoms. The molecule has 1 saturated heterocycles. The van der Waals surface area contributed by atoms with Crippen LogP contribution in [0.3, 0.4) is 0 Å². The van der Waals surface area contributed by atoms with Crippen LogP contribution in [0.2, 0.25) is 0 Å². The molecule has 1 aliphatic rings. The van der Waals surface area contributed by atoms with Crippen molar-refractivity contribution in [3.8, 4) is 0 Å². The van der Waals surface area contributed by atoms with Crippen molar-refractivity contribution >= 4 is 5.91 Å². The Balaban J connectivity index is 1.78. The van der Waals surface area contributed by atoms with Crippen LogP contribution in [0.1, 0.15) is 41.2 Å². The van der Waals surface area contributed by atoms with Gasteiger partial charge in [-0.05, 0) is 42.7 Å². The van der Waals surface area contributed by atoms with E-state index >= 15 is 0 Å². The lowest BCUT2D eigenvalue weighted by atomic mass is 9.94. The Morgan fingerprint density at radius 2 is 1.95 bits per heavy atom. The number of carbonyl (C=O) groups excluding carboxylic acids is 1. The van der Waals surface area contributed by atoms with Gasteiger partial charge in [0.25, 0.3) is 5.91 Å². The van der Waals surface area contributed by atoms with Crippen LogP contribution in [0.5, 0.6) is 0 Å². The lowest BCUT2D eigenvalue weighted by Gasteiger charge is -2.24. The Labute approximate surface area is 129 Å². The first-order valence-electron chi connectivity index (χ1n) is 7.70. The van der Waals surface area contributed by atoms with Gasteiger partial charge in [-0.2, -0.15) is 0 Å². The number of carbonyl (C=O) groups is 1. The Hall–Kier alpha value is -2.23. The molecule has 2 aromatic rings. The van der Waals surface area contributed by atoms with Gasteiger partial charge >= 0.3 is 0 Å². The van der Waals surface area contributed by atoms with Gasteiger partial charge in [-0.25, -0.2) is 4.39 Å². The molecule has 114 valence electrons. The lowest BCUT2D eigenvalue weighted by Crippen LogP contribution is -2.34. The maximum atomic E-state index is 13.1. The summed E-state index contributed by atoms with van der Waals surface area (Å²) in [6, 6.07) is 12.0. The maximum absolute atomic E-state index is 13.1. The third-order valence-electron chi connectivity index (χ3n) is 4.18. The number of benzene rings is 1. The van der Waals surface area contributed by atoms with E-state index in [0.29, 0.717) is 12.2 Å². The van der Waals surface area contributed by atoms with Gasteiger partial charge in [0.2, 0.25) is 0 Å². The molecule has 0 aliphatic carbocycles. The summed E-state index contributed by atoms with van der Waals surface area (Å²) in [6.45, 7) is 1.42. The van der Waals surface area contributed by atoms with Gasteiger partial charge in [0.05, 0.1) is 0 Å². The summed E-state index contributed by atoms with van der Waals surface area (Å²) in [5, 5.41) is 0. The van der Waals surface area contributed by atoms with Crippen molar-refractivity contribution in [3.63, 3.8) is 0 Å². The number of rotatable bonds is 2. The second kappa shape index (κ2) is 6.69. The molecule has 1 amide bonds. The maximum Gasteiger partial charge on any atom is 0.272 e. The quantitative estimate of drug-likeness (QED) is 0.848. The Morgan fingerprint density at radius 1 is 1.14 bits per heavy atom. The summed E-state index contributed by atoms with van der Waals surface area (Å²) >= 11 is 0. The van der Waals surface area contributed by atoms with Gasteiger partial charge in [0.1, 0.15) is 11.5 Å². The molecule has 0 radical (unpaired) electrons. The smallest absolute Gasteiger partial charge is 0.272 e.